The molecule has 0 saturated heterocycles. The molecule has 32 heavy (non-hydrogen) atoms. The van der Waals surface area contributed by atoms with Crippen LogP contribution in [0.5, 0.6) is 0 Å². The molecule has 3 atom stereocenters. The summed E-state index contributed by atoms with van der Waals surface area (Å²) in [6.07, 6.45) is -0.502. The summed E-state index contributed by atoms with van der Waals surface area (Å²) >= 11 is 0. The van der Waals surface area contributed by atoms with Crippen molar-refractivity contribution in [1.82, 2.24) is 16.0 Å². The van der Waals surface area contributed by atoms with Crippen molar-refractivity contribution in [3.05, 3.63) is 35.9 Å². The number of rotatable bonds is 13. The molecule has 0 aliphatic rings. The molecule has 0 fully saturated rings. The lowest BCUT2D eigenvalue weighted by atomic mass is 10.0. The summed E-state index contributed by atoms with van der Waals surface area (Å²) in [6, 6.07) is 4.92. The molecule has 0 aliphatic carbocycles. The van der Waals surface area contributed by atoms with Crippen LogP contribution >= 0.6 is 0 Å². The van der Waals surface area contributed by atoms with Gasteiger partial charge in [0.05, 0.1) is 13.0 Å². The van der Waals surface area contributed by atoms with Gasteiger partial charge in [0.25, 0.3) is 0 Å². The summed E-state index contributed by atoms with van der Waals surface area (Å²) in [7, 11) is 0. The maximum Gasteiger partial charge on any atom is 0.326 e. The van der Waals surface area contributed by atoms with Gasteiger partial charge >= 0.3 is 11.9 Å². The highest BCUT2D eigenvalue weighted by molar-refractivity contribution is 5.95. The quantitative estimate of drug-likeness (QED) is 0.226. The number of nitrogens with one attached hydrogen (secondary N) is 3. The molecule has 0 bridgehead atoms. The van der Waals surface area contributed by atoms with E-state index in [1.165, 1.54) is 0 Å². The summed E-state index contributed by atoms with van der Waals surface area (Å²) in [6.45, 7) is 3.16. The standard InChI is InChI=1S/C21H30N4O7/c1-12(2)8-14(24-20(30)15(10-18(27)28)23-17(26)11-22)19(29)25-16(21(31)32)9-13-6-4-3-5-7-13/h3-7,12,14-16H,8-11,22H2,1-2H3,(H,23,26)(H,24,30)(H,25,29)(H,27,28)(H,31,32). The number of carboxylic acid groups (broad SMARTS) is 2. The Hall–Kier alpha value is -3.47. The molecule has 0 saturated carbocycles. The van der Waals surface area contributed by atoms with Gasteiger partial charge in [-0.15, -0.1) is 0 Å². The van der Waals surface area contributed by atoms with Crippen molar-refractivity contribution < 1.29 is 34.2 Å². The minimum absolute atomic E-state index is 0.0401. The zero-order chi connectivity index (χ0) is 24.3. The number of aliphatic carboxylic acids is 2. The SMILES string of the molecule is CC(C)CC(NC(=O)C(CC(=O)O)NC(=O)CN)C(=O)NC(Cc1ccccc1)C(=O)O. The Kier molecular flexibility index (Phi) is 10.8. The highest BCUT2D eigenvalue weighted by Crippen LogP contribution is 2.09. The Morgan fingerprint density at radius 3 is 1.94 bits per heavy atom. The zero-order valence-electron chi connectivity index (χ0n) is 18.0. The normalized spacial score (nSPS) is 13.5. The fourth-order valence-electron chi connectivity index (χ4n) is 2.93. The van der Waals surface area contributed by atoms with Crippen LogP contribution < -0.4 is 21.7 Å². The lowest BCUT2D eigenvalue weighted by Gasteiger charge is -2.25. The van der Waals surface area contributed by atoms with Gasteiger partial charge in [-0.25, -0.2) is 4.79 Å². The first kappa shape index (κ1) is 26.6. The highest BCUT2D eigenvalue weighted by atomic mass is 16.4. The van der Waals surface area contributed by atoms with Gasteiger partial charge in [0.1, 0.15) is 18.1 Å². The lowest BCUT2D eigenvalue weighted by Crippen LogP contribution is -2.57. The van der Waals surface area contributed by atoms with Crippen LogP contribution in [0, 0.1) is 5.92 Å². The number of carbonyl (C=O) groups excluding carboxylic acids is 3. The third-order valence-corrected chi connectivity index (χ3v) is 4.45. The summed E-state index contributed by atoms with van der Waals surface area (Å²) in [5.41, 5.74) is 5.91. The average Bonchev–Trinajstić information content (AvgIpc) is 2.72. The van der Waals surface area contributed by atoms with E-state index in [4.69, 9.17) is 10.8 Å². The van der Waals surface area contributed by atoms with Crippen LogP contribution in [0.25, 0.3) is 0 Å². The Balaban J connectivity index is 2.97. The van der Waals surface area contributed by atoms with E-state index in [0.717, 1.165) is 0 Å². The predicted octanol–water partition coefficient (Wildman–Crippen LogP) is -0.752. The molecule has 7 N–H and O–H groups in total. The monoisotopic (exact) mass is 450 g/mol. The van der Waals surface area contributed by atoms with E-state index in [2.05, 4.69) is 16.0 Å². The van der Waals surface area contributed by atoms with Crippen LogP contribution in [0.15, 0.2) is 30.3 Å². The van der Waals surface area contributed by atoms with E-state index in [9.17, 15) is 29.1 Å². The van der Waals surface area contributed by atoms with Crippen molar-refractivity contribution in [2.75, 3.05) is 6.54 Å². The maximum absolute atomic E-state index is 12.8. The Morgan fingerprint density at radius 2 is 1.44 bits per heavy atom. The molecular formula is C21H30N4O7. The smallest absolute Gasteiger partial charge is 0.326 e. The van der Waals surface area contributed by atoms with Crippen LogP contribution in [0.4, 0.5) is 0 Å². The van der Waals surface area contributed by atoms with Gasteiger partial charge < -0.3 is 31.9 Å². The second-order valence-electron chi connectivity index (χ2n) is 7.70. The van der Waals surface area contributed by atoms with Crippen molar-refractivity contribution in [3.8, 4) is 0 Å². The molecule has 1 aromatic rings. The first-order valence-corrected chi connectivity index (χ1v) is 10.1. The highest BCUT2D eigenvalue weighted by Gasteiger charge is 2.31. The second kappa shape index (κ2) is 13.1. The Bertz CT molecular complexity index is 814. The number of carboxylic acids is 2. The lowest BCUT2D eigenvalue weighted by molar-refractivity contribution is -0.143. The molecule has 0 aliphatic heterocycles. The first-order chi connectivity index (χ1) is 15.0. The molecule has 0 radical (unpaired) electrons. The minimum atomic E-state index is -1.44. The second-order valence-corrected chi connectivity index (χ2v) is 7.70. The third kappa shape index (κ3) is 9.56. The summed E-state index contributed by atoms with van der Waals surface area (Å²) in [4.78, 5) is 59.7. The Morgan fingerprint density at radius 1 is 0.875 bits per heavy atom. The van der Waals surface area contributed by atoms with Gasteiger partial charge in [-0.05, 0) is 17.9 Å². The van der Waals surface area contributed by atoms with Gasteiger partial charge in [0.2, 0.25) is 17.7 Å². The molecule has 176 valence electrons. The van der Waals surface area contributed by atoms with E-state index < -0.39 is 60.8 Å². The first-order valence-electron chi connectivity index (χ1n) is 10.1. The van der Waals surface area contributed by atoms with Crippen LogP contribution in [0.2, 0.25) is 0 Å². The predicted molar refractivity (Wildman–Crippen MR) is 114 cm³/mol. The fraction of sp³-hybridized carbons (Fsp3) is 0.476. The molecular weight excluding hydrogens is 420 g/mol. The molecule has 0 aromatic heterocycles. The van der Waals surface area contributed by atoms with E-state index in [0.29, 0.717) is 5.56 Å². The molecule has 0 heterocycles. The van der Waals surface area contributed by atoms with Gasteiger partial charge in [-0.3, -0.25) is 19.2 Å². The number of benzene rings is 1. The van der Waals surface area contributed by atoms with Gasteiger partial charge in [-0.1, -0.05) is 44.2 Å². The summed E-state index contributed by atoms with van der Waals surface area (Å²) < 4.78 is 0. The molecule has 1 rings (SSSR count). The molecule has 3 unspecified atom stereocenters. The maximum atomic E-state index is 12.8. The number of amides is 3. The fourth-order valence-corrected chi connectivity index (χ4v) is 2.93. The number of nitrogens with two attached hydrogens (primary N) is 1. The van der Waals surface area contributed by atoms with Gasteiger partial charge in [-0.2, -0.15) is 0 Å². The molecule has 11 nitrogen and oxygen atoms in total. The minimum Gasteiger partial charge on any atom is -0.481 e. The van der Waals surface area contributed by atoms with E-state index in [1.54, 1.807) is 44.2 Å². The number of hydrogen-bond acceptors (Lipinski definition) is 6. The van der Waals surface area contributed by atoms with Crippen molar-refractivity contribution >= 4 is 29.7 Å². The molecule has 3 amide bonds. The molecule has 11 heteroatoms. The molecule has 1 aromatic carbocycles. The van der Waals surface area contributed by atoms with Crippen molar-refractivity contribution in [1.29, 1.82) is 0 Å². The van der Waals surface area contributed by atoms with E-state index in [-0.39, 0.29) is 18.8 Å². The van der Waals surface area contributed by atoms with Crippen LogP contribution in [-0.4, -0.2) is 64.5 Å². The van der Waals surface area contributed by atoms with Crippen molar-refractivity contribution in [2.24, 2.45) is 11.7 Å². The van der Waals surface area contributed by atoms with Crippen molar-refractivity contribution in [2.45, 2.75) is 51.2 Å². The Labute approximate surface area is 185 Å². The van der Waals surface area contributed by atoms with E-state index >= 15 is 0 Å². The number of carbonyl (C=O) groups is 5. The zero-order valence-corrected chi connectivity index (χ0v) is 18.0. The van der Waals surface area contributed by atoms with Crippen LogP contribution in [0.1, 0.15) is 32.3 Å². The summed E-state index contributed by atoms with van der Waals surface area (Å²) in [5.74, 6) is -4.97. The van der Waals surface area contributed by atoms with Crippen molar-refractivity contribution in [3.63, 3.8) is 0 Å². The topological polar surface area (TPSA) is 188 Å². The number of hydrogen-bond donors (Lipinski definition) is 6. The van der Waals surface area contributed by atoms with Crippen LogP contribution in [-0.2, 0) is 30.4 Å². The largest absolute Gasteiger partial charge is 0.481 e. The average molecular weight is 450 g/mol. The van der Waals surface area contributed by atoms with Gasteiger partial charge in [0.15, 0.2) is 0 Å². The van der Waals surface area contributed by atoms with E-state index in [1.807, 2.05) is 0 Å². The summed E-state index contributed by atoms with van der Waals surface area (Å²) in [5, 5.41) is 25.6. The van der Waals surface area contributed by atoms with Gasteiger partial charge in [0, 0.05) is 6.42 Å². The van der Waals surface area contributed by atoms with Crippen LogP contribution in [0.3, 0.4) is 0 Å². The molecule has 0 spiro atoms. The third-order valence-electron chi connectivity index (χ3n) is 4.45.